The maximum Gasteiger partial charge on any atom is 0.0468 e. The van der Waals surface area contributed by atoms with Gasteiger partial charge in [-0.2, -0.15) is 0 Å². The van der Waals surface area contributed by atoms with Gasteiger partial charge in [-0.1, -0.05) is 12.2 Å². The Labute approximate surface area is 67.1 Å². The third-order valence-corrected chi connectivity index (χ3v) is 3.28. The van der Waals surface area contributed by atoms with Crippen LogP contribution in [-0.4, -0.2) is 18.3 Å². The number of fused-ring (bicyclic) bond motifs is 2. The van der Waals surface area contributed by atoms with Crippen molar-refractivity contribution in [3.05, 3.63) is 12.2 Å². The van der Waals surface area contributed by atoms with Crippen LogP contribution in [-0.2, 0) is 0 Å². The van der Waals surface area contributed by atoms with E-state index in [-0.39, 0.29) is 0 Å². The average molecular weight is 153 g/mol. The lowest BCUT2D eigenvalue weighted by atomic mass is 9.84. The highest BCUT2D eigenvalue weighted by atomic mass is 16.3. The summed E-state index contributed by atoms with van der Waals surface area (Å²) in [6.45, 7) is 1.05. The van der Waals surface area contributed by atoms with Gasteiger partial charge in [-0.25, -0.2) is 0 Å². The molecule has 4 atom stereocenters. The molecule has 3 N–H and O–H groups in total. The quantitative estimate of drug-likeness (QED) is 0.563. The molecule has 0 aliphatic heterocycles. The van der Waals surface area contributed by atoms with E-state index in [2.05, 4.69) is 12.2 Å². The third-order valence-electron chi connectivity index (χ3n) is 3.28. The lowest BCUT2D eigenvalue weighted by molar-refractivity contribution is 0.167. The molecule has 2 aliphatic carbocycles. The molecule has 4 unspecified atom stereocenters. The zero-order chi connectivity index (χ0) is 7.84. The van der Waals surface area contributed by atoms with Gasteiger partial charge in [0.25, 0.3) is 0 Å². The van der Waals surface area contributed by atoms with Crippen LogP contribution in [0.1, 0.15) is 6.42 Å². The first-order chi connectivity index (χ1) is 5.36. The minimum atomic E-state index is 0.313. The Morgan fingerprint density at radius 2 is 1.91 bits per heavy atom. The van der Waals surface area contributed by atoms with Crippen molar-refractivity contribution in [1.29, 1.82) is 0 Å². The normalized spacial score (nSPS) is 47.1. The number of aliphatic hydroxyl groups excluding tert-OH is 1. The van der Waals surface area contributed by atoms with Crippen molar-refractivity contribution in [3.8, 4) is 0 Å². The van der Waals surface area contributed by atoms with E-state index < -0.39 is 0 Å². The van der Waals surface area contributed by atoms with E-state index in [1.165, 1.54) is 6.42 Å². The van der Waals surface area contributed by atoms with E-state index in [1.54, 1.807) is 0 Å². The molecular formula is C9H15NO. The third kappa shape index (κ3) is 0.932. The Kier molecular flexibility index (Phi) is 1.74. The van der Waals surface area contributed by atoms with Gasteiger partial charge in [0.2, 0.25) is 0 Å². The van der Waals surface area contributed by atoms with Crippen molar-refractivity contribution in [2.45, 2.75) is 6.42 Å². The Hall–Kier alpha value is -0.340. The molecule has 2 heteroatoms. The lowest BCUT2D eigenvalue weighted by Crippen LogP contribution is -2.29. The molecule has 2 nitrogen and oxygen atoms in total. The minimum Gasteiger partial charge on any atom is -0.396 e. The second-order valence-corrected chi connectivity index (χ2v) is 3.69. The Morgan fingerprint density at radius 3 is 2.36 bits per heavy atom. The van der Waals surface area contributed by atoms with Crippen LogP contribution in [0, 0.1) is 23.7 Å². The number of rotatable bonds is 2. The van der Waals surface area contributed by atoms with E-state index in [0.29, 0.717) is 30.3 Å². The van der Waals surface area contributed by atoms with Crippen LogP contribution in [0.3, 0.4) is 0 Å². The summed E-state index contributed by atoms with van der Waals surface area (Å²) >= 11 is 0. The highest BCUT2D eigenvalue weighted by Crippen LogP contribution is 2.46. The van der Waals surface area contributed by atoms with Gasteiger partial charge in [-0.15, -0.1) is 0 Å². The monoisotopic (exact) mass is 153 g/mol. The molecule has 2 rings (SSSR count). The zero-order valence-electron chi connectivity index (χ0n) is 6.61. The predicted octanol–water partition coefficient (Wildman–Crippen LogP) is 0.376. The summed E-state index contributed by atoms with van der Waals surface area (Å²) in [5, 5.41) is 9.10. The van der Waals surface area contributed by atoms with Gasteiger partial charge in [-0.3, -0.25) is 0 Å². The summed E-state index contributed by atoms with van der Waals surface area (Å²) in [4.78, 5) is 0. The first-order valence-corrected chi connectivity index (χ1v) is 4.36. The molecule has 0 aromatic rings. The van der Waals surface area contributed by atoms with Gasteiger partial charge in [-0.05, 0) is 36.6 Å². The maximum atomic E-state index is 9.10. The molecule has 0 aromatic carbocycles. The Bertz CT molecular complexity index is 160. The predicted molar refractivity (Wildman–Crippen MR) is 43.9 cm³/mol. The highest BCUT2D eigenvalue weighted by molar-refractivity contribution is 5.13. The van der Waals surface area contributed by atoms with Crippen molar-refractivity contribution in [3.63, 3.8) is 0 Å². The van der Waals surface area contributed by atoms with E-state index in [1.807, 2.05) is 0 Å². The number of hydrogen-bond acceptors (Lipinski definition) is 2. The number of aliphatic hydroxyl groups is 1. The molecule has 2 aliphatic rings. The fourth-order valence-electron chi connectivity index (χ4n) is 2.65. The van der Waals surface area contributed by atoms with Gasteiger partial charge in [0.15, 0.2) is 0 Å². The van der Waals surface area contributed by atoms with Gasteiger partial charge in [0.1, 0.15) is 0 Å². The maximum absolute atomic E-state index is 9.10. The lowest BCUT2D eigenvalue weighted by Gasteiger charge is -2.24. The molecule has 1 saturated carbocycles. The molecule has 2 bridgehead atoms. The minimum absolute atomic E-state index is 0.313. The molecule has 0 heterocycles. The summed E-state index contributed by atoms with van der Waals surface area (Å²) in [5.74, 6) is 2.30. The molecule has 0 aromatic heterocycles. The molecule has 62 valence electrons. The molecule has 1 fully saturated rings. The zero-order valence-corrected chi connectivity index (χ0v) is 6.61. The summed E-state index contributed by atoms with van der Waals surface area (Å²) in [7, 11) is 0. The van der Waals surface area contributed by atoms with Gasteiger partial charge >= 0.3 is 0 Å². The second-order valence-electron chi connectivity index (χ2n) is 3.69. The summed E-state index contributed by atoms with van der Waals surface area (Å²) < 4.78 is 0. The smallest absolute Gasteiger partial charge is 0.0468 e. The van der Waals surface area contributed by atoms with Crippen LogP contribution in [0.15, 0.2) is 12.2 Å². The van der Waals surface area contributed by atoms with Crippen molar-refractivity contribution in [2.75, 3.05) is 13.2 Å². The Balaban J connectivity index is 2.15. The van der Waals surface area contributed by atoms with E-state index in [0.717, 1.165) is 6.54 Å². The van der Waals surface area contributed by atoms with Crippen LogP contribution >= 0.6 is 0 Å². The topological polar surface area (TPSA) is 46.2 Å². The molecular weight excluding hydrogens is 138 g/mol. The first kappa shape index (κ1) is 7.32. The summed E-state index contributed by atoms with van der Waals surface area (Å²) in [5.41, 5.74) is 5.64. The van der Waals surface area contributed by atoms with Crippen LogP contribution in [0.25, 0.3) is 0 Å². The first-order valence-electron chi connectivity index (χ1n) is 4.36. The second kappa shape index (κ2) is 2.61. The number of hydrogen-bond donors (Lipinski definition) is 2. The summed E-state index contributed by atoms with van der Waals surface area (Å²) in [6.07, 6.45) is 5.75. The van der Waals surface area contributed by atoms with Gasteiger partial charge in [0.05, 0.1) is 0 Å². The molecule has 0 saturated heterocycles. The van der Waals surface area contributed by atoms with Crippen LogP contribution in [0.5, 0.6) is 0 Å². The molecule has 0 radical (unpaired) electrons. The van der Waals surface area contributed by atoms with Crippen LogP contribution in [0.2, 0.25) is 0 Å². The van der Waals surface area contributed by atoms with Gasteiger partial charge in [0, 0.05) is 6.61 Å². The van der Waals surface area contributed by atoms with E-state index >= 15 is 0 Å². The summed E-state index contributed by atoms with van der Waals surface area (Å²) in [6, 6.07) is 0. The molecule has 0 amide bonds. The Morgan fingerprint density at radius 1 is 1.27 bits per heavy atom. The van der Waals surface area contributed by atoms with Crippen LogP contribution < -0.4 is 5.73 Å². The highest BCUT2D eigenvalue weighted by Gasteiger charge is 2.42. The standard InChI is InChI=1S/C9H15NO/c10-4-8-6-1-2-7(3-6)9(8)5-11/h1-2,6-9,11H,3-5,10H2. The van der Waals surface area contributed by atoms with Crippen molar-refractivity contribution in [2.24, 2.45) is 29.4 Å². The van der Waals surface area contributed by atoms with Crippen molar-refractivity contribution >= 4 is 0 Å². The van der Waals surface area contributed by atoms with Crippen LogP contribution in [0.4, 0.5) is 0 Å². The fourth-order valence-corrected chi connectivity index (χ4v) is 2.65. The number of nitrogens with two attached hydrogens (primary N) is 1. The number of allylic oxidation sites excluding steroid dienone is 2. The van der Waals surface area contributed by atoms with E-state index in [4.69, 9.17) is 10.8 Å². The van der Waals surface area contributed by atoms with Crippen molar-refractivity contribution in [1.82, 2.24) is 0 Å². The molecule has 0 spiro atoms. The van der Waals surface area contributed by atoms with E-state index in [9.17, 15) is 0 Å². The molecule has 11 heavy (non-hydrogen) atoms. The average Bonchev–Trinajstić information content (AvgIpc) is 2.60. The largest absolute Gasteiger partial charge is 0.396 e. The fraction of sp³-hybridized carbons (Fsp3) is 0.778. The van der Waals surface area contributed by atoms with Gasteiger partial charge < -0.3 is 10.8 Å². The SMILES string of the molecule is NCC1C2C=CC(C2)C1CO. The van der Waals surface area contributed by atoms with Crippen molar-refractivity contribution < 1.29 is 5.11 Å².